The summed E-state index contributed by atoms with van der Waals surface area (Å²) in [6.07, 6.45) is -3.45. The number of esters is 1. The fourth-order valence-electron chi connectivity index (χ4n) is 4.25. The number of aromatic nitrogens is 1. The van der Waals surface area contributed by atoms with Gasteiger partial charge in [-0.05, 0) is 43.5 Å². The van der Waals surface area contributed by atoms with Crippen LogP contribution in [0.15, 0.2) is 53.9 Å². The molecule has 4 rings (SSSR count). The smallest absolute Gasteiger partial charge is 0.465 e. The molecule has 0 bridgehead atoms. The van der Waals surface area contributed by atoms with Crippen molar-refractivity contribution in [3.63, 3.8) is 0 Å². The molecular formula is C27H27F3N4O5S. The van der Waals surface area contributed by atoms with Crippen LogP contribution >= 0.6 is 11.3 Å². The van der Waals surface area contributed by atoms with Gasteiger partial charge in [0.1, 0.15) is 18.0 Å². The highest BCUT2D eigenvalue weighted by molar-refractivity contribution is 7.10. The van der Waals surface area contributed by atoms with Crippen LogP contribution in [0, 0.1) is 0 Å². The van der Waals surface area contributed by atoms with E-state index in [1.807, 2.05) is 0 Å². The molecule has 0 radical (unpaired) electrons. The number of nitrogens with one attached hydrogen (secondary N) is 2. The summed E-state index contributed by atoms with van der Waals surface area (Å²) in [4.78, 5) is 42.9. The summed E-state index contributed by atoms with van der Waals surface area (Å²) in [6.45, 7) is 2.73. The zero-order chi connectivity index (χ0) is 28.7. The van der Waals surface area contributed by atoms with Crippen LogP contribution in [-0.4, -0.2) is 60.4 Å². The van der Waals surface area contributed by atoms with E-state index in [-0.39, 0.29) is 36.5 Å². The predicted octanol–water partition coefficient (Wildman–Crippen LogP) is 5.41. The Morgan fingerprint density at radius 3 is 2.45 bits per heavy atom. The lowest BCUT2D eigenvalue weighted by Crippen LogP contribution is -2.45. The summed E-state index contributed by atoms with van der Waals surface area (Å²) in [5, 5.41) is 7.87. The minimum absolute atomic E-state index is 0.0883. The van der Waals surface area contributed by atoms with Crippen LogP contribution in [0.4, 0.5) is 23.7 Å². The molecular weight excluding hydrogens is 549 g/mol. The van der Waals surface area contributed by atoms with Crippen molar-refractivity contribution in [3.8, 4) is 16.9 Å². The van der Waals surface area contributed by atoms with Crippen molar-refractivity contribution >= 4 is 34.9 Å². The number of carbonyl (C=O) groups excluding carboxylic acids is 3. The Balaban J connectivity index is 1.34. The van der Waals surface area contributed by atoms with Crippen molar-refractivity contribution in [1.29, 1.82) is 0 Å². The molecule has 3 aromatic rings. The second kappa shape index (κ2) is 12.8. The SMILES string of the molecule is CCOC(=O)CNC(=O)N1CCC(c2nc(C(=O)Nc3ccccc3-c3ccc(OC(F)(F)F)cc3)cs2)CC1. The molecule has 1 aliphatic heterocycles. The maximum absolute atomic E-state index is 13.0. The molecule has 1 aliphatic rings. The number of para-hydroxylation sites is 1. The predicted molar refractivity (Wildman–Crippen MR) is 142 cm³/mol. The van der Waals surface area contributed by atoms with E-state index in [9.17, 15) is 27.6 Å². The average molecular weight is 577 g/mol. The molecule has 0 aliphatic carbocycles. The number of halogens is 3. The third-order valence-electron chi connectivity index (χ3n) is 6.15. The van der Waals surface area contributed by atoms with Gasteiger partial charge >= 0.3 is 18.4 Å². The molecule has 0 saturated carbocycles. The number of nitrogens with zero attached hydrogens (tertiary/aromatic N) is 2. The number of amides is 3. The van der Waals surface area contributed by atoms with E-state index < -0.39 is 18.2 Å². The first kappa shape index (κ1) is 28.9. The number of carbonyl (C=O) groups is 3. The summed E-state index contributed by atoms with van der Waals surface area (Å²) < 4.78 is 46.1. The lowest BCUT2D eigenvalue weighted by Gasteiger charge is -2.31. The number of piperidine rings is 1. The number of hydrogen-bond donors (Lipinski definition) is 2. The summed E-state index contributed by atoms with van der Waals surface area (Å²) in [5.74, 6) is -1.15. The Morgan fingerprint density at radius 1 is 1.07 bits per heavy atom. The Labute approximate surface area is 232 Å². The first-order valence-electron chi connectivity index (χ1n) is 12.5. The van der Waals surface area contributed by atoms with Crippen molar-refractivity contribution in [2.75, 3.05) is 31.6 Å². The first-order chi connectivity index (χ1) is 19.1. The molecule has 40 heavy (non-hydrogen) atoms. The number of urea groups is 1. The normalized spacial score (nSPS) is 13.9. The van der Waals surface area contributed by atoms with Crippen LogP contribution in [0.3, 0.4) is 0 Å². The first-order valence-corrected chi connectivity index (χ1v) is 13.4. The molecule has 13 heteroatoms. The number of ether oxygens (including phenoxy) is 2. The van der Waals surface area contributed by atoms with Gasteiger partial charge in [0.2, 0.25) is 0 Å². The van der Waals surface area contributed by atoms with Gasteiger partial charge in [-0.25, -0.2) is 9.78 Å². The second-order valence-electron chi connectivity index (χ2n) is 8.87. The van der Waals surface area contributed by atoms with Gasteiger partial charge in [0.15, 0.2) is 0 Å². The molecule has 2 N–H and O–H groups in total. The van der Waals surface area contributed by atoms with Crippen molar-refractivity contribution in [2.24, 2.45) is 0 Å². The summed E-state index contributed by atoms with van der Waals surface area (Å²) in [7, 11) is 0. The number of rotatable bonds is 8. The Bertz CT molecular complexity index is 1340. The molecule has 0 unspecified atom stereocenters. The maximum Gasteiger partial charge on any atom is 0.573 e. The Hall–Kier alpha value is -4.13. The fraction of sp³-hybridized carbons (Fsp3) is 0.333. The maximum atomic E-state index is 13.0. The van der Waals surface area contributed by atoms with Gasteiger partial charge in [-0.3, -0.25) is 9.59 Å². The molecule has 3 amide bonds. The standard InChI is InChI=1S/C27H27F3N4O5S/c1-2-38-23(35)15-31-26(37)34-13-11-18(12-14-34)25-33-22(16-40-25)24(36)32-21-6-4-3-5-20(21)17-7-9-19(10-8-17)39-27(28,29)30/h3-10,16,18H,2,11-15H2,1H3,(H,31,37)(H,32,36). The zero-order valence-electron chi connectivity index (χ0n) is 21.5. The van der Waals surface area contributed by atoms with Crippen LogP contribution in [0.25, 0.3) is 11.1 Å². The third kappa shape index (κ3) is 7.72. The van der Waals surface area contributed by atoms with Crippen LogP contribution in [0.2, 0.25) is 0 Å². The van der Waals surface area contributed by atoms with E-state index in [0.29, 0.717) is 42.7 Å². The topological polar surface area (TPSA) is 110 Å². The van der Waals surface area contributed by atoms with Crippen LogP contribution in [-0.2, 0) is 9.53 Å². The molecule has 0 atom stereocenters. The van der Waals surface area contributed by atoms with Crippen molar-refractivity contribution in [1.82, 2.24) is 15.2 Å². The van der Waals surface area contributed by atoms with Crippen molar-refractivity contribution in [3.05, 3.63) is 64.6 Å². The summed E-state index contributed by atoms with van der Waals surface area (Å²) in [5.41, 5.74) is 1.95. The Morgan fingerprint density at radius 2 is 1.77 bits per heavy atom. The molecule has 2 heterocycles. The van der Waals surface area contributed by atoms with Crippen LogP contribution < -0.4 is 15.4 Å². The zero-order valence-corrected chi connectivity index (χ0v) is 22.3. The van der Waals surface area contributed by atoms with Gasteiger partial charge in [0.05, 0.1) is 11.6 Å². The Kier molecular flexibility index (Phi) is 9.25. The van der Waals surface area contributed by atoms with Gasteiger partial charge in [0.25, 0.3) is 5.91 Å². The molecule has 1 aromatic heterocycles. The monoisotopic (exact) mass is 576 g/mol. The highest BCUT2D eigenvalue weighted by atomic mass is 32.1. The number of alkyl halides is 3. The average Bonchev–Trinajstić information content (AvgIpc) is 3.43. The van der Waals surface area contributed by atoms with E-state index in [1.54, 1.807) is 41.5 Å². The number of likely N-dealkylation sites (tertiary alicyclic amines) is 1. The highest BCUT2D eigenvalue weighted by Crippen LogP contribution is 2.33. The molecule has 1 fully saturated rings. The summed E-state index contributed by atoms with van der Waals surface area (Å²) in [6, 6.07) is 12.0. The van der Waals surface area contributed by atoms with Crippen LogP contribution in [0.5, 0.6) is 5.75 Å². The van der Waals surface area contributed by atoms with Crippen molar-refractivity contribution in [2.45, 2.75) is 32.0 Å². The fourth-order valence-corrected chi connectivity index (χ4v) is 5.22. The minimum Gasteiger partial charge on any atom is -0.465 e. The van der Waals surface area contributed by atoms with E-state index in [1.165, 1.54) is 35.6 Å². The minimum atomic E-state index is -4.78. The van der Waals surface area contributed by atoms with Gasteiger partial charge in [-0.15, -0.1) is 24.5 Å². The number of thiazole rings is 1. The van der Waals surface area contributed by atoms with E-state index in [0.717, 1.165) is 5.01 Å². The molecule has 9 nitrogen and oxygen atoms in total. The summed E-state index contributed by atoms with van der Waals surface area (Å²) >= 11 is 1.37. The van der Waals surface area contributed by atoms with Gasteiger partial charge < -0.3 is 25.0 Å². The molecule has 212 valence electrons. The lowest BCUT2D eigenvalue weighted by molar-refractivity contribution is -0.274. The largest absolute Gasteiger partial charge is 0.573 e. The number of hydrogen-bond acceptors (Lipinski definition) is 7. The number of benzene rings is 2. The second-order valence-corrected chi connectivity index (χ2v) is 9.76. The van der Waals surface area contributed by atoms with Gasteiger partial charge in [-0.2, -0.15) is 0 Å². The molecule has 1 saturated heterocycles. The van der Waals surface area contributed by atoms with E-state index in [4.69, 9.17) is 4.74 Å². The van der Waals surface area contributed by atoms with Gasteiger partial charge in [0, 0.05) is 35.6 Å². The van der Waals surface area contributed by atoms with Crippen LogP contribution in [0.1, 0.15) is 41.2 Å². The van der Waals surface area contributed by atoms with E-state index >= 15 is 0 Å². The van der Waals surface area contributed by atoms with Gasteiger partial charge in [-0.1, -0.05) is 30.3 Å². The molecule has 2 aromatic carbocycles. The molecule has 0 spiro atoms. The lowest BCUT2D eigenvalue weighted by atomic mass is 9.98. The highest BCUT2D eigenvalue weighted by Gasteiger charge is 2.31. The number of anilines is 1. The van der Waals surface area contributed by atoms with E-state index in [2.05, 4.69) is 20.4 Å². The third-order valence-corrected chi connectivity index (χ3v) is 7.16. The quantitative estimate of drug-likeness (QED) is 0.347. The van der Waals surface area contributed by atoms with Crippen molar-refractivity contribution < 1.29 is 37.0 Å².